The number of ketones is 1. The van der Waals surface area contributed by atoms with Gasteiger partial charge < -0.3 is 15.0 Å². The van der Waals surface area contributed by atoms with Crippen molar-refractivity contribution in [3.8, 4) is 0 Å². The molecule has 3 rings (SSSR count). The molecule has 187 valence electrons. The van der Waals surface area contributed by atoms with Crippen LogP contribution < -0.4 is 5.32 Å². The van der Waals surface area contributed by atoms with Gasteiger partial charge in [0.15, 0.2) is 5.78 Å². The van der Waals surface area contributed by atoms with E-state index in [9.17, 15) is 29.8 Å². The Bertz CT molecular complexity index is 1250. The first-order valence-electron chi connectivity index (χ1n) is 10.8. The van der Waals surface area contributed by atoms with Gasteiger partial charge in [0.05, 0.1) is 22.5 Å². The summed E-state index contributed by atoms with van der Waals surface area (Å²) >= 11 is 0. The van der Waals surface area contributed by atoms with Gasteiger partial charge >= 0.3 is 12.1 Å². The molecule has 1 radical (unpaired) electrons. The Morgan fingerprint density at radius 2 is 1.72 bits per heavy atom. The van der Waals surface area contributed by atoms with Gasteiger partial charge in [-0.25, -0.2) is 9.78 Å². The van der Waals surface area contributed by atoms with E-state index in [2.05, 4.69) is 15.3 Å². The topological polar surface area (TPSA) is 170 Å². The molecule has 0 aliphatic rings. The molecule has 12 nitrogen and oxygen atoms in total. The molecule has 1 heterocycles. The third-order valence-electron chi connectivity index (χ3n) is 4.94. The minimum Gasteiger partial charge on any atom is -0.444 e. The number of nitro benzene ring substituents is 1. The van der Waals surface area contributed by atoms with Crippen LogP contribution in [0.2, 0.25) is 0 Å². The van der Waals surface area contributed by atoms with Gasteiger partial charge in [0.1, 0.15) is 17.2 Å². The molecule has 36 heavy (non-hydrogen) atoms. The number of Topliss-reactive ketones (excluding diaryl/α,β-unsaturated/α-hetero) is 1. The van der Waals surface area contributed by atoms with E-state index >= 15 is 0 Å². The van der Waals surface area contributed by atoms with E-state index in [-0.39, 0.29) is 17.5 Å². The maximum absolute atomic E-state index is 13.6. The fraction of sp³-hybridized carbons (Fsp3) is 0.250. The standard InChI is InChI=1S/C24H24N5O7/c1-24(2,3)36-23(31)27-19(12-16-13-25-14-26-16)22(30)18-11-7-10-17(21(18)29(34)35)20(28(32)33)15-8-5-4-6-9-15/h4-11,13-14,19H,12H2,1-3H3,(H,25,26)(H,27,31)/t19-/m0/s1. The van der Waals surface area contributed by atoms with Crippen LogP contribution in [0.4, 0.5) is 10.5 Å². The second kappa shape index (κ2) is 10.8. The number of aromatic nitrogens is 2. The average Bonchev–Trinajstić information content (AvgIpc) is 3.30. The summed E-state index contributed by atoms with van der Waals surface area (Å²) in [6.07, 6.45) is 1.88. The summed E-state index contributed by atoms with van der Waals surface area (Å²) in [6, 6.07) is 9.56. The molecule has 0 aliphatic heterocycles. The predicted octanol–water partition coefficient (Wildman–Crippen LogP) is 3.84. The summed E-state index contributed by atoms with van der Waals surface area (Å²) in [7, 11) is 0. The molecule has 1 atom stereocenters. The van der Waals surface area contributed by atoms with Crippen molar-refractivity contribution in [3.63, 3.8) is 0 Å². The molecule has 2 N–H and O–H groups in total. The molecule has 0 saturated heterocycles. The van der Waals surface area contributed by atoms with Crippen LogP contribution >= 0.6 is 0 Å². The van der Waals surface area contributed by atoms with E-state index in [1.807, 2.05) is 0 Å². The smallest absolute Gasteiger partial charge is 0.408 e. The van der Waals surface area contributed by atoms with Crippen molar-refractivity contribution >= 4 is 17.6 Å². The zero-order valence-electron chi connectivity index (χ0n) is 19.8. The second-order valence-corrected chi connectivity index (χ2v) is 8.76. The summed E-state index contributed by atoms with van der Waals surface area (Å²) in [4.78, 5) is 55.4. The van der Waals surface area contributed by atoms with Crippen LogP contribution in [-0.4, -0.2) is 43.3 Å². The Hall–Kier alpha value is -4.61. The van der Waals surface area contributed by atoms with Crippen molar-refractivity contribution in [3.05, 3.63) is 110 Å². The molecule has 3 aromatic rings. The van der Waals surface area contributed by atoms with Gasteiger partial charge in [-0.05, 0) is 32.9 Å². The van der Waals surface area contributed by atoms with Crippen LogP contribution in [0, 0.1) is 26.3 Å². The lowest BCUT2D eigenvalue weighted by Gasteiger charge is -2.23. The number of nitro groups is 2. The highest BCUT2D eigenvalue weighted by Gasteiger charge is 2.40. The first-order chi connectivity index (χ1) is 17.0. The number of nitrogens with zero attached hydrogens (tertiary/aromatic N) is 3. The van der Waals surface area contributed by atoms with Gasteiger partial charge in [0.25, 0.3) is 5.69 Å². The zero-order valence-corrected chi connectivity index (χ0v) is 19.8. The molecule has 1 amide bonds. The highest BCUT2D eigenvalue weighted by atomic mass is 16.6. The highest BCUT2D eigenvalue weighted by Crippen LogP contribution is 2.34. The van der Waals surface area contributed by atoms with Gasteiger partial charge in [-0.2, -0.15) is 0 Å². The number of alkyl carbamates (subject to hydrolysis) is 1. The van der Waals surface area contributed by atoms with Gasteiger partial charge in [0, 0.05) is 23.1 Å². The van der Waals surface area contributed by atoms with E-state index in [1.54, 1.807) is 39.0 Å². The molecule has 12 heteroatoms. The van der Waals surface area contributed by atoms with Crippen LogP contribution in [0.5, 0.6) is 0 Å². The van der Waals surface area contributed by atoms with Crippen molar-refractivity contribution in [2.45, 2.75) is 38.8 Å². The lowest BCUT2D eigenvalue weighted by Crippen LogP contribution is -2.45. The van der Waals surface area contributed by atoms with Crippen molar-refractivity contribution in [2.75, 3.05) is 0 Å². The number of amides is 1. The molecule has 0 bridgehead atoms. The molecule has 0 spiro atoms. The van der Waals surface area contributed by atoms with Crippen LogP contribution in [0.3, 0.4) is 0 Å². The van der Waals surface area contributed by atoms with E-state index in [1.165, 1.54) is 42.9 Å². The number of H-pyrrole nitrogens is 1. The Labute approximate surface area is 206 Å². The summed E-state index contributed by atoms with van der Waals surface area (Å²) in [6.45, 7) is 4.93. The van der Waals surface area contributed by atoms with Crippen LogP contribution in [0.15, 0.2) is 61.1 Å². The minimum absolute atomic E-state index is 0.104. The fourth-order valence-electron chi connectivity index (χ4n) is 3.54. The Kier molecular flexibility index (Phi) is 7.77. The first-order valence-corrected chi connectivity index (χ1v) is 10.8. The number of ether oxygens (including phenoxy) is 1. The van der Waals surface area contributed by atoms with Crippen LogP contribution in [-0.2, 0) is 11.2 Å². The maximum atomic E-state index is 13.6. The second-order valence-electron chi connectivity index (χ2n) is 8.76. The Morgan fingerprint density at radius 1 is 1.06 bits per heavy atom. The van der Waals surface area contributed by atoms with Crippen molar-refractivity contribution < 1.29 is 24.2 Å². The number of hydrogen-bond donors (Lipinski definition) is 2. The number of carbonyl (C=O) groups excluding carboxylic acids is 2. The van der Waals surface area contributed by atoms with E-state index in [4.69, 9.17) is 4.74 Å². The van der Waals surface area contributed by atoms with E-state index in [0.717, 1.165) is 0 Å². The molecular weight excluding hydrogens is 470 g/mol. The molecule has 0 fully saturated rings. The Morgan fingerprint density at radius 3 is 2.28 bits per heavy atom. The summed E-state index contributed by atoms with van der Waals surface area (Å²) in [5.41, 5.74) is -1.79. The van der Waals surface area contributed by atoms with Crippen molar-refractivity contribution in [1.29, 1.82) is 0 Å². The molecule has 0 saturated carbocycles. The van der Waals surface area contributed by atoms with Crippen molar-refractivity contribution in [1.82, 2.24) is 15.3 Å². The summed E-state index contributed by atoms with van der Waals surface area (Å²) < 4.78 is 5.24. The largest absolute Gasteiger partial charge is 0.444 e. The van der Waals surface area contributed by atoms with Crippen LogP contribution in [0.25, 0.3) is 0 Å². The van der Waals surface area contributed by atoms with E-state index in [0.29, 0.717) is 5.69 Å². The summed E-state index contributed by atoms with van der Waals surface area (Å²) in [5.74, 6) is -0.826. The maximum Gasteiger partial charge on any atom is 0.408 e. The molecule has 0 unspecified atom stereocenters. The monoisotopic (exact) mass is 494 g/mol. The molecule has 2 aromatic carbocycles. The lowest BCUT2D eigenvalue weighted by atomic mass is 9.92. The number of hydrogen-bond acceptors (Lipinski definition) is 8. The predicted molar refractivity (Wildman–Crippen MR) is 128 cm³/mol. The number of rotatable bonds is 9. The third-order valence-corrected chi connectivity index (χ3v) is 4.94. The van der Waals surface area contributed by atoms with Crippen LogP contribution in [0.1, 0.15) is 48.0 Å². The van der Waals surface area contributed by atoms with E-state index < -0.39 is 50.7 Å². The zero-order chi connectivity index (χ0) is 26.5. The number of benzene rings is 2. The lowest BCUT2D eigenvalue weighted by molar-refractivity contribution is -0.453. The number of carbonyl (C=O) groups is 2. The summed E-state index contributed by atoms with van der Waals surface area (Å²) in [5, 5.41) is 26.6. The quantitative estimate of drug-likeness (QED) is 0.257. The van der Waals surface area contributed by atoms with Crippen molar-refractivity contribution in [2.24, 2.45) is 0 Å². The number of imidazole rings is 1. The molecule has 0 aliphatic carbocycles. The molecule has 1 aromatic heterocycles. The third kappa shape index (κ3) is 6.29. The fourth-order valence-corrected chi connectivity index (χ4v) is 3.54. The van der Waals surface area contributed by atoms with Gasteiger partial charge in [-0.3, -0.25) is 25.0 Å². The Balaban J connectivity index is 2.08. The minimum atomic E-state index is -1.30. The van der Waals surface area contributed by atoms with Gasteiger partial charge in [-0.1, -0.05) is 36.4 Å². The highest BCUT2D eigenvalue weighted by molar-refractivity contribution is 6.05. The van der Waals surface area contributed by atoms with Gasteiger partial charge in [0.2, 0.25) is 0 Å². The number of aromatic amines is 1. The first kappa shape index (κ1) is 26.0. The number of nitrogens with one attached hydrogen (secondary N) is 2. The number of para-hydroxylation sites is 1. The SMILES string of the molecule is CC(C)(C)OC(=O)N[C@@H](Cc1c[nH]cn1)C(=O)c1cccc([C](c2ccccc2)[N+](=O)[O-])c1[N+](=O)[O-]. The average molecular weight is 494 g/mol. The normalized spacial score (nSPS) is 12.1. The van der Waals surface area contributed by atoms with Gasteiger partial charge in [-0.15, -0.1) is 0 Å². The molecular formula is C24H24N5O7.